The molecule has 0 aliphatic carbocycles. The molecule has 2 aliphatic heterocycles. The van der Waals surface area contributed by atoms with Crippen molar-refractivity contribution < 1.29 is 19.1 Å². The minimum Gasteiger partial charge on any atom is -0.486 e. The number of ether oxygens (including phenoxy) is 2. The maximum Gasteiger partial charge on any atom is 0.321 e. The van der Waals surface area contributed by atoms with Gasteiger partial charge in [0.2, 0.25) is 5.91 Å². The molecule has 1 aromatic rings. The number of likely N-dealkylation sites (tertiary alicyclic amines) is 1. The second-order valence-corrected chi connectivity index (χ2v) is 7.78. The molecular weight excluding hydrogens is 334 g/mol. The Morgan fingerprint density at radius 1 is 1.19 bits per heavy atom. The number of imide groups is 1. The van der Waals surface area contributed by atoms with E-state index in [-0.39, 0.29) is 24.0 Å². The van der Waals surface area contributed by atoms with Crippen molar-refractivity contribution in [1.29, 1.82) is 0 Å². The Labute approximate surface area is 154 Å². The van der Waals surface area contributed by atoms with E-state index in [9.17, 15) is 9.59 Å². The average Bonchev–Trinajstić information content (AvgIpc) is 3.00. The standard InChI is InChI=1S/C19H27N3O4/c1-19(2,3)21-18(24)20-17(23)12-22-8-4-5-14(22)13-6-7-15-16(11-13)26-10-9-25-15/h6-7,11,14H,4-5,8-10,12H2,1-3H3,(H2,20,21,23,24)/t14-/m1/s1. The highest BCUT2D eigenvalue weighted by molar-refractivity contribution is 5.95. The molecule has 1 aromatic carbocycles. The predicted molar refractivity (Wildman–Crippen MR) is 97.4 cm³/mol. The highest BCUT2D eigenvalue weighted by Gasteiger charge is 2.29. The van der Waals surface area contributed by atoms with E-state index in [1.165, 1.54) is 0 Å². The minimum atomic E-state index is -0.461. The van der Waals surface area contributed by atoms with Gasteiger partial charge < -0.3 is 14.8 Å². The lowest BCUT2D eigenvalue weighted by Gasteiger charge is -2.26. The molecule has 26 heavy (non-hydrogen) atoms. The molecule has 3 amide bonds. The van der Waals surface area contributed by atoms with Gasteiger partial charge in [-0.25, -0.2) is 4.79 Å². The summed E-state index contributed by atoms with van der Waals surface area (Å²) in [4.78, 5) is 26.2. The van der Waals surface area contributed by atoms with Gasteiger partial charge in [0.15, 0.2) is 11.5 Å². The Balaban J connectivity index is 1.61. The fourth-order valence-corrected chi connectivity index (χ4v) is 3.38. The molecule has 0 radical (unpaired) electrons. The molecule has 2 heterocycles. The first kappa shape index (κ1) is 18.5. The van der Waals surface area contributed by atoms with Crippen molar-refractivity contribution >= 4 is 11.9 Å². The van der Waals surface area contributed by atoms with Crippen LogP contribution >= 0.6 is 0 Å². The quantitative estimate of drug-likeness (QED) is 0.863. The molecule has 1 fully saturated rings. The molecule has 0 bridgehead atoms. The number of nitrogens with one attached hydrogen (secondary N) is 2. The molecule has 1 atom stereocenters. The van der Waals surface area contributed by atoms with Crippen LogP contribution in [0.5, 0.6) is 11.5 Å². The van der Waals surface area contributed by atoms with Crippen molar-refractivity contribution in [1.82, 2.24) is 15.5 Å². The SMILES string of the molecule is CC(C)(C)NC(=O)NC(=O)CN1CCC[C@@H]1c1ccc2c(c1)OCCO2. The summed E-state index contributed by atoms with van der Waals surface area (Å²) in [6, 6.07) is 5.64. The maximum atomic E-state index is 12.2. The summed E-state index contributed by atoms with van der Waals surface area (Å²) in [5.74, 6) is 1.23. The lowest BCUT2D eigenvalue weighted by Crippen LogP contribution is -2.50. The number of nitrogens with zero attached hydrogens (tertiary/aromatic N) is 1. The molecule has 3 rings (SSSR count). The van der Waals surface area contributed by atoms with Gasteiger partial charge in [-0.05, 0) is 57.9 Å². The van der Waals surface area contributed by atoms with Crippen LogP contribution in [0.4, 0.5) is 4.79 Å². The van der Waals surface area contributed by atoms with Gasteiger partial charge in [-0.1, -0.05) is 6.07 Å². The third-order valence-corrected chi connectivity index (χ3v) is 4.40. The molecule has 0 unspecified atom stereocenters. The molecule has 2 N–H and O–H groups in total. The van der Waals surface area contributed by atoms with Crippen LogP contribution in [-0.4, -0.2) is 48.7 Å². The Morgan fingerprint density at radius 3 is 2.65 bits per heavy atom. The summed E-state index contributed by atoms with van der Waals surface area (Å²) >= 11 is 0. The van der Waals surface area contributed by atoms with Crippen LogP contribution in [0.15, 0.2) is 18.2 Å². The Bertz CT molecular complexity index is 684. The van der Waals surface area contributed by atoms with Gasteiger partial charge in [-0.2, -0.15) is 0 Å². The van der Waals surface area contributed by atoms with E-state index in [2.05, 4.69) is 15.5 Å². The van der Waals surface area contributed by atoms with E-state index >= 15 is 0 Å². The fraction of sp³-hybridized carbons (Fsp3) is 0.579. The van der Waals surface area contributed by atoms with E-state index in [0.29, 0.717) is 13.2 Å². The highest BCUT2D eigenvalue weighted by Crippen LogP contribution is 2.37. The summed E-state index contributed by atoms with van der Waals surface area (Å²) in [6.07, 6.45) is 1.99. The van der Waals surface area contributed by atoms with Crippen LogP contribution in [0.1, 0.15) is 45.2 Å². The van der Waals surface area contributed by atoms with Crippen molar-refractivity contribution in [2.45, 2.75) is 45.2 Å². The molecule has 7 nitrogen and oxygen atoms in total. The van der Waals surface area contributed by atoms with Crippen LogP contribution in [0.2, 0.25) is 0 Å². The van der Waals surface area contributed by atoms with Gasteiger partial charge in [0.25, 0.3) is 0 Å². The monoisotopic (exact) mass is 361 g/mol. The van der Waals surface area contributed by atoms with Gasteiger partial charge in [-0.15, -0.1) is 0 Å². The third-order valence-electron chi connectivity index (χ3n) is 4.40. The summed E-state index contributed by atoms with van der Waals surface area (Å²) in [7, 11) is 0. The molecule has 2 aliphatic rings. The predicted octanol–water partition coefficient (Wildman–Crippen LogP) is 2.22. The number of amides is 3. The number of urea groups is 1. The number of hydrogen-bond donors (Lipinski definition) is 2. The van der Waals surface area contributed by atoms with Crippen LogP contribution in [-0.2, 0) is 4.79 Å². The molecule has 0 spiro atoms. The van der Waals surface area contributed by atoms with Gasteiger partial charge in [0.05, 0.1) is 6.54 Å². The first-order valence-corrected chi connectivity index (χ1v) is 9.07. The highest BCUT2D eigenvalue weighted by atomic mass is 16.6. The third kappa shape index (κ3) is 4.66. The molecular formula is C19H27N3O4. The smallest absolute Gasteiger partial charge is 0.321 e. The molecule has 1 saturated heterocycles. The number of rotatable bonds is 3. The second-order valence-electron chi connectivity index (χ2n) is 7.78. The summed E-state index contributed by atoms with van der Waals surface area (Å²) in [6.45, 7) is 7.75. The van der Waals surface area contributed by atoms with Crippen molar-refractivity contribution in [3.05, 3.63) is 23.8 Å². The molecule has 0 saturated carbocycles. The number of fused-ring (bicyclic) bond motifs is 1. The number of benzene rings is 1. The zero-order chi connectivity index (χ0) is 18.7. The first-order chi connectivity index (χ1) is 12.3. The van der Waals surface area contributed by atoms with Gasteiger partial charge in [-0.3, -0.25) is 15.0 Å². The van der Waals surface area contributed by atoms with Gasteiger partial charge in [0, 0.05) is 11.6 Å². The van der Waals surface area contributed by atoms with Crippen molar-refractivity contribution in [3.63, 3.8) is 0 Å². The van der Waals surface area contributed by atoms with E-state index in [1.807, 2.05) is 39.0 Å². The summed E-state index contributed by atoms with van der Waals surface area (Å²) in [5, 5.41) is 5.14. The molecule has 7 heteroatoms. The Hall–Kier alpha value is -2.28. The lowest BCUT2D eigenvalue weighted by molar-refractivity contribution is -0.121. The zero-order valence-electron chi connectivity index (χ0n) is 15.6. The minimum absolute atomic E-state index is 0.141. The number of hydrogen-bond acceptors (Lipinski definition) is 5. The first-order valence-electron chi connectivity index (χ1n) is 9.07. The van der Waals surface area contributed by atoms with Gasteiger partial charge >= 0.3 is 6.03 Å². The average molecular weight is 361 g/mol. The van der Waals surface area contributed by atoms with E-state index in [0.717, 1.165) is 36.4 Å². The Kier molecular flexibility index (Phi) is 5.36. The van der Waals surface area contributed by atoms with E-state index in [4.69, 9.17) is 9.47 Å². The molecule has 142 valence electrons. The second kappa shape index (κ2) is 7.53. The van der Waals surface area contributed by atoms with Crippen molar-refractivity contribution in [2.24, 2.45) is 0 Å². The van der Waals surface area contributed by atoms with Crippen LogP contribution in [0.3, 0.4) is 0 Å². The number of carbonyl (C=O) groups excluding carboxylic acids is 2. The summed E-state index contributed by atoms with van der Waals surface area (Å²) < 4.78 is 11.2. The topological polar surface area (TPSA) is 79.9 Å². The fourth-order valence-electron chi connectivity index (χ4n) is 3.38. The molecule has 0 aromatic heterocycles. The van der Waals surface area contributed by atoms with Crippen LogP contribution < -0.4 is 20.1 Å². The van der Waals surface area contributed by atoms with Crippen LogP contribution in [0, 0.1) is 0 Å². The summed E-state index contributed by atoms with van der Waals surface area (Å²) in [5.41, 5.74) is 0.727. The normalized spacial score (nSPS) is 19.9. The van der Waals surface area contributed by atoms with E-state index < -0.39 is 6.03 Å². The van der Waals surface area contributed by atoms with E-state index in [1.54, 1.807) is 0 Å². The Morgan fingerprint density at radius 2 is 1.92 bits per heavy atom. The van der Waals surface area contributed by atoms with Crippen molar-refractivity contribution in [2.75, 3.05) is 26.3 Å². The lowest BCUT2D eigenvalue weighted by atomic mass is 10.0. The number of carbonyl (C=O) groups is 2. The largest absolute Gasteiger partial charge is 0.486 e. The maximum absolute atomic E-state index is 12.2. The van der Waals surface area contributed by atoms with Crippen LogP contribution in [0.25, 0.3) is 0 Å². The van der Waals surface area contributed by atoms with Gasteiger partial charge in [0.1, 0.15) is 13.2 Å². The zero-order valence-corrected chi connectivity index (χ0v) is 15.6. The van der Waals surface area contributed by atoms with Crippen molar-refractivity contribution in [3.8, 4) is 11.5 Å².